The van der Waals surface area contributed by atoms with Crippen molar-refractivity contribution in [2.45, 2.75) is 13.0 Å². The Balaban J connectivity index is 1.81. The van der Waals surface area contributed by atoms with Crippen molar-refractivity contribution in [1.29, 1.82) is 0 Å². The van der Waals surface area contributed by atoms with Crippen molar-refractivity contribution >= 4 is 33.2 Å². The summed E-state index contributed by atoms with van der Waals surface area (Å²) in [4.78, 5) is 15.4. The highest BCUT2D eigenvalue weighted by Crippen LogP contribution is 2.24. The van der Waals surface area contributed by atoms with Gasteiger partial charge in [0.25, 0.3) is 5.91 Å². The van der Waals surface area contributed by atoms with Crippen molar-refractivity contribution in [3.8, 4) is 5.69 Å². The number of aromatic nitrogens is 3. The van der Waals surface area contributed by atoms with Crippen LogP contribution in [0.5, 0.6) is 0 Å². The molecule has 1 atom stereocenters. The van der Waals surface area contributed by atoms with Gasteiger partial charge in [0, 0.05) is 16.4 Å². The van der Waals surface area contributed by atoms with Gasteiger partial charge in [0.2, 0.25) is 0 Å². The summed E-state index contributed by atoms with van der Waals surface area (Å²) >= 11 is 5.06. The van der Waals surface area contributed by atoms with Crippen LogP contribution >= 0.6 is 27.3 Å². The van der Waals surface area contributed by atoms with E-state index >= 15 is 0 Å². The zero-order valence-electron chi connectivity index (χ0n) is 12.7. The van der Waals surface area contributed by atoms with E-state index in [4.69, 9.17) is 0 Å². The first-order valence-electron chi connectivity index (χ1n) is 7.05. The number of rotatable bonds is 4. The molecule has 0 saturated carbocycles. The first kappa shape index (κ1) is 15.9. The fourth-order valence-electron chi connectivity index (χ4n) is 2.18. The summed E-state index contributed by atoms with van der Waals surface area (Å²) in [5.41, 5.74) is 1.18. The molecule has 0 unspecified atom stereocenters. The summed E-state index contributed by atoms with van der Waals surface area (Å²) in [5.74, 6) is -0.146. The van der Waals surface area contributed by atoms with E-state index in [0.29, 0.717) is 5.69 Å². The minimum absolute atomic E-state index is 0.00137. The van der Waals surface area contributed by atoms with Crippen LogP contribution in [0.3, 0.4) is 0 Å². The van der Waals surface area contributed by atoms with Gasteiger partial charge in [-0.3, -0.25) is 4.79 Å². The number of nitrogens with zero attached hydrogens (tertiary/aromatic N) is 4. The molecule has 0 bridgehead atoms. The first-order chi connectivity index (χ1) is 11.1. The van der Waals surface area contributed by atoms with Gasteiger partial charge in [-0.1, -0.05) is 33.3 Å². The number of carbonyl (C=O) groups is 1. The molecule has 1 amide bonds. The Morgan fingerprint density at radius 2 is 2.17 bits per heavy atom. The quantitative estimate of drug-likeness (QED) is 0.677. The van der Waals surface area contributed by atoms with Crippen LogP contribution in [0, 0.1) is 0 Å². The van der Waals surface area contributed by atoms with E-state index in [0.717, 1.165) is 15.0 Å². The molecule has 0 saturated heterocycles. The minimum Gasteiger partial charge on any atom is -0.333 e. The second kappa shape index (κ2) is 6.64. The van der Waals surface area contributed by atoms with Crippen molar-refractivity contribution in [1.82, 2.24) is 19.9 Å². The van der Waals surface area contributed by atoms with E-state index in [1.54, 1.807) is 34.2 Å². The van der Waals surface area contributed by atoms with Gasteiger partial charge in [0.1, 0.15) is 0 Å². The molecule has 2 aromatic heterocycles. The summed E-state index contributed by atoms with van der Waals surface area (Å²) in [6.07, 6.45) is 1.65. The topological polar surface area (TPSA) is 51.0 Å². The monoisotopic (exact) mass is 390 g/mol. The molecular formula is C16H15BrN4OS. The molecule has 0 aliphatic rings. The average molecular weight is 391 g/mol. The lowest BCUT2D eigenvalue weighted by Gasteiger charge is -2.22. The molecule has 0 fully saturated rings. The maximum atomic E-state index is 12.6. The third kappa shape index (κ3) is 3.35. The largest absolute Gasteiger partial charge is 0.333 e. The SMILES string of the molecule is C[C@@H](c1cccs1)N(C)C(=O)c1cn(-c2cccc(Br)c2)nn1. The molecular weight excluding hydrogens is 376 g/mol. The number of thiophene rings is 1. The van der Waals surface area contributed by atoms with Crippen molar-refractivity contribution in [3.05, 3.63) is 63.0 Å². The van der Waals surface area contributed by atoms with E-state index < -0.39 is 0 Å². The summed E-state index contributed by atoms with van der Waals surface area (Å²) in [6.45, 7) is 2.00. The molecule has 0 radical (unpaired) electrons. The predicted molar refractivity (Wildman–Crippen MR) is 93.9 cm³/mol. The maximum Gasteiger partial charge on any atom is 0.276 e. The Hall–Kier alpha value is -1.99. The summed E-state index contributed by atoms with van der Waals surface area (Å²) < 4.78 is 2.54. The molecule has 0 N–H and O–H groups in total. The first-order valence-corrected chi connectivity index (χ1v) is 8.72. The number of benzene rings is 1. The number of hydrogen-bond donors (Lipinski definition) is 0. The van der Waals surface area contributed by atoms with Gasteiger partial charge in [0.15, 0.2) is 5.69 Å². The maximum absolute atomic E-state index is 12.6. The fourth-order valence-corrected chi connectivity index (χ4v) is 3.40. The average Bonchev–Trinajstić information content (AvgIpc) is 3.24. The molecule has 0 aliphatic carbocycles. The summed E-state index contributed by atoms with van der Waals surface area (Å²) in [5, 5.41) is 10.1. The van der Waals surface area contributed by atoms with Gasteiger partial charge in [0.05, 0.1) is 17.9 Å². The number of amides is 1. The molecule has 1 aromatic carbocycles. The lowest BCUT2D eigenvalue weighted by molar-refractivity contribution is 0.0739. The second-order valence-corrected chi connectivity index (χ2v) is 7.03. The number of hydrogen-bond acceptors (Lipinski definition) is 4. The molecule has 0 spiro atoms. The summed E-state index contributed by atoms with van der Waals surface area (Å²) in [6, 6.07) is 11.7. The molecule has 0 aliphatic heterocycles. The standard InChI is InChI=1S/C16H15BrN4OS/c1-11(15-7-4-8-23-15)20(2)16(22)14-10-21(19-18-14)13-6-3-5-12(17)9-13/h3-11H,1-2H3/t11-/m0/s1. The van der Waals surface area contributed by atoms with Gasteiger partial charge < -0.3 is 4.90 Å². The van der Waals surface area contributed by atoms with E-state index in [1.165, 1.54) is 0 Å². The molecule has 3 rings (SSSR count). The molecule has 7 heteroatoms. The molecule has 2 heterocycles. The van der Waals surface area contributed by atoms with Crippen molar-refractivity contribution in [2.75, 3.05) is 7.05 Å². The molecule has 3 aromatic rings. The summed E-state index contributed by atoms with van der Waals surface area (Å²) in [7, 11) is 1.78. The van der Waals surface area contributed by atoms with Crippen molar-refractivity contribution < 1.29 is 4.79 Å². The van der Waals surface area contributed by atoms with Crippen molar-refractivity contribution in [2.24, 2.45) is 0 Å². The lowest BCUT2D eigenvalue weighted by atomic mass is 10.2. The molecule has 5 nitrogen and oxygen atoms in total. The highest BCUT2D eigenvalue weighted by atomic mass is 79.9. The lowest BCUT2D eigenvalue weighted by Crippen LogP contribution is -2.29. The predicted octanol–water partition coefficient (Wildman–Crippen LogP) is 3.92. The Bertz CT molecular complexity index is 815. The number of halogens is 1. The van der Waals surface area contributed by atoms with Crippen LogP contribution in [0.1, 0.15) is 28.3 Å². The van der Waals surface area contributed by atoms with E-state index in [-0.39, 0.29) is 11.9 Å². The Morgan fingerprint density at radius 3 is 2.87 bits per heavy atom. The molecule has 118 valence electrons. The van der Waals surface area contributed by atoms with Crippen LogP contribution in [0.25, 0.3) is 5.69 Å². The second-order valence-electron chi connectivity index (χ2n) is 5.14. The molecule has 23 heavy (non-hydrogen) atoms. The van der Waals surface area contributed by atoms with E-state index in [2.05, 4.69) is 26.2 Å². The van der Waals surface area contributed by atoms with Gasteiger partial charge in [-0.05, 0) is 36.6 Å². The highest BCUT2D eigenvalue weighted by molar-refractivity contribution is 9.10. The van der Waals surface area contributed by atoms with Crippen LogP contribution in [0.4, 0.5) is 0 Å². The van der Waals surface area contributed by atoms with Crippen LogP contribution in [-0.4, -0.2) is 32.8 Å². The van der Waals surface area contributed by atoms with Crippen LogP contribution < -0.4 is 0 Å². The Morgan fingerprint density at radius 1 is 1.35 bits per heavy atom. The zero-order valence-corrected chi connectivity index (χ0v) is 15.1. The van der Waals surface area contributed by atoms with Gasteiger partial charge in [-0.15, -0.1) is 16.4 Å². The van der Waals surface area contributed by atoms with E-state index in [9.17, 15) is 4.79 Å². The van der Waals surface area contributed by atoms with Crippen LogP contribution in [-0.2, 0) is 0 Å². The van der Waals surface area contributed by atoms with Crippen LogP contribution in [0.15, 0.2) is 52.4 Å². The Kier molecular flexibility index (Phi) is 4.58. The number of carbonyl (C=O) groups excluding carboxylic acids is 1. The normalized spacial score (nSPS) is 12.1. The third-order valence-electron chi connectivity index (χ3n) is 3.64. The third-order valence-corrected chi connectivity index (χ3v) is 5.18. The smallest absolute Gasteiger partial charge is 0.276 e. The van der Waals surface area contributed by atoms with Crippen LogP contribution in [0.2, 0.25) is 0 Å². The van der Waals surface area contributed by atoms with Gasteiger partial charge >= 0.3 is 0 Å². The minimum atomic E-state index is -0.146. The van der Waals surface area contributed by atoms with Gasteiger partial charge in [-0.25, -0.2) is 4.68 Å². The van der Waals surface area contributed by atoms with Gasteiger partial charge in [-0.2, -0.15) is 0 Å². The Labute approximate surface area is 146 Å². The fraction of sp³-hybridized carbons (Fsp3) is 0.188. The zero-order chi connectivity index (χ0) is 16.4. The van der Waals surface area contributed by atoms with Crippen molar-refractivity contribution in [3.63, 3.8) is 0 Å². The highest BCUT2D eigenvalue weighted by Gasteiger charge is 2.22. The van der Waals surface area contributed by atoms with E-state index in [1.807, 2.05) is 48.7 Å².